The summed E-state index contributed by atoms with van der Waals surface area (Å²) in [5.41, 5.74) is -0.361. The van der Waals surface area contributed by atoms with E-state index in [4.69, 9.17) is 10.7 Å². The normalized spacial score (nSPS) is 13.3. The lowest BCUT2D eigenvalue weighted by Gasteiger charge is -2.29. The average Bonchev–Trinajstić information content (AvgIpc) is 1.99. The molecule has 0 heterocycles. The van der Waals surface area contributed by atoms with E-state index in [1.165, 1.54) is 0 Å². The predicted molar refractivity (Wildman–Crippen MR) is 51.5 cm³/mol. The Morgan fingerprint density at radius 3 is 1.58 bits per heavy atom. The molecule has 0 aliphatic heterocycles. The van der Waals surface area contributed by atoms with Crippen molar-refractivity contribution in [2.75, 3.05) is 0 Å². The van der Waals surface area contributed by atoms with Crippen LogP contribution in [0.3, 0.4) is 0 Å². The molecule has 1 N–H and O–H groups in total. The highest BCUT2D eigenvalue weighted by Gasteiger charge is 2.27. The number of nitrogens with one attached hydrogen (secondary N) is 1. The van der Waals surface area contributed by atoms with Crippen LogP contribution in [0.4, 0.5) is 0 Å². The van der Waals surface area contributed by atoms with Crippen LogP contribution in [-0.2, 0) is 9.24 Å². The maximum absolute atomic E-state index is 10.8. The molecule has 0 aliphatic rings. The van der Waals surface area contributed by atoms with Crippen molar-refractivity contribution < 1.29 is 8.42 Å². The average molecular weight is 214 g/mol. The first-order valence-corrected chi connectivity index (χ1v) is 6.43. The van der Waals surface area contributed by atoms with Crippen molar-refractivity contribution in [2.24, 2.45) is 0 Å². The summed E-state index contributed by atoms with van der Waals surface area (Å²) in [6.45, 7) is 5.84. The summed E-state index contributed by atoms with van der Waals surface area (Å²) in [6, 6.07) is 0. The van der Waals surface area contributed by atoms with Crippen molar-refractivity contribution in [1.29, 1.82) is 0 Å². The molecule has 0 radical (unpaired) electrons. The number of hydrogen-bond acceptors (Lipinski definition) is 2. The molecule has 0 spiro atoms. The molecule has 0 atom stereocenters. The second-order valence-electron chi connectivity index (χ2n) is 2.88. The van der Waals surface area contributed by atoms with Gasteiger partial charge in [0.05, 0.1) is 0 Å². The molecule has 3 nitrogen and oxygen atoms in total. The molecule has 12 heavy (non-hydrogen) atoms. The van der Waals surface area contributed by atoms with E-state index in [0.29, 0.717) is 0 Å². The third-order valence-electron chi connectivity index (χ3n) is 2.37. The summed E-state index contributed by atoms with van der Waals surface area (Å²) >= 11 is 0. The van der Waals surface area contributed by atoms with Gasteiger partial charge in [-0.25, -0.2) is 0 Å². The zero-order valence-electron chi connectivity index (χ0n) is 7.72. The minimum atomic E-state index is -3.60. The van der Waals surface area contributed by atoms with Crippen molar-refractivity contribution in [3.05, 3.63) is 0 Å². The zero-order chi connectivity index (χ0) is 9.83. The summed E-state index contributed by atoms with van der Waals surface area (Å²) in [6.07, 6.45) is 2.27. The van der Waals surface area contributed by atoms with E-state index in [1.807, 2.05) is 20.8 Å². The molecule has 0 saturated heterocycles. The summed E-state index contributed by atoms with van der Waals surface area (Å²) in [4.78, 5) is 0. The van der Waals surface area contributed by atoms with E-state index >= 15 is 0 Å². The fourth-order valence-corrected chi connectivity index (χ4v) is 2.67. The van der Waals surface area contributed by atoms with Gasteiger partial charge in [0, 0.05) is 16.2 Å². The summed E-state index contributed by atoms with van der Waals surface area (Å²) in [5, 5.41) is 0. The van der Waals surface area contributed by atoms with Crippen molar-refractivity contribution >= 4 is 19.9 Å². The Hall–Kier alpha value is 0.200. The van der Waals surface area contributed by atoms with Gasteiger partial charge >= 0.3 is 0 Å². The summed E-state index contributed by atoms with van der Waals surface area (Å²) in [7, 11) is 1.52. The van der Waals surface area contributed by atoms with Crippen molar-refractivity contribution in [2.45, 2.75) is 45.6 Å². The van der Waals surface area contributed by atoms with E-state index in [1.54, 1.807) is 0 Å². The molecule has 0 aromatic carbocycles. The number of rotatable bonds is 5. The van der Waals surface area contributed by atoms with Crippen LogP contribution in [0, 0.1) is 0 Å². The number of halogens is 1. The van der Waals surface area contributed by atoms with Gasteiger partial charge in [-0.2, -0.15) is 13.1 Å². The van der Waals surface area contributed by atoms with Gasteiger partial charge in [0.2, 0.25) is 0 Å². The second-order valence-corrected chi connectivity index (χ2v) is 5.18. The van der Waals surface area contributed by atoms with E-state index in [2.05, 4.69) is 4.72 Å². The van der Waals surface area contributed by atoms with E-state index in [-0.39, 0.29) is 5.54 Å². The Morgan fingerprint density at radius 1 is 1.17 bits per heavy atom. The molecular formula is C7H16ClNO2S. The lowest BCUT2D eigenvalue weighted by atomic mass is 9.91. The molecule has 0 aliphatic carbocycles. The number of hydrogen-bond donors (Lipinski definition) is 1. The van der Waals surface area contributed by atoms with E-state index in [0.717, 1.165) is 19.3 Å². The van der Waals surface area contributed by atoms with Crippen molar-refractivity contribution in [1.82, 2.24) is 4.72 Å². The molecule has 0 amide bonds. The van der Waals surface area contributed by atoms with E-state index in [9.17, 15) is 8.42 Å². The van der Waals surface area contributed by atoms with Crippen LogP contribution in [0.15, 0.2) is 0 Å². The Balaban J connectivity index is 4.52. The van der Waals surface area contributed by atoms with Gasteiger partial charge in [0.25, 0.3) is 9.24 Å². The monoisotopic (exact) mass is 213 g/mol. The molecular weight excluding hydrogens is 198 g/mol. The van der Waals surface area contributed by atoms with Crippen molar-refractivity contribution in [3.63, 3.8) is 0 Å². The fourth-order valence-electron chi connectivity index (χ4n) is 1.23. The molecule has 0 rings (SSSR count). The fraction of sp³-hybridized carbons (Fsp3) is 1.00. The Kier molecular flexibility index (Phi) is 4.51. The predicted octanol–water partition coefficient (Wildman–Crippen LogP) is 2.03. The van der Waals surface area contributed by atoms with Gasteiger partial charge < -0.3 is 0 Å². The molecule has 74 valence electrons. The Labute approximate surface area is 79.0 Å². The highest BCUT2D eigenvalue weighted by Crippen LogP contribution is 2.21. The highest BCUT2D eigenvalue weighted by atomic mass is 35.7. The van der Waals surface area contributed by atoms with Crippen LogP contribution in [0.1, 0.15) is 40.0 Å². The first-order valence-electron chi connectivity index (χ1n) is 4.12. The molecule has 0 aromatic rings. The van der Waals surface area contributed by atoms with E-state index < -0.39 is 9.24 Å². The van der Waals surface area contributed by atoms with Gasteiger partial charge in [0.15, 0.2) is 0 Å². The SMILES string of the molecule is CCC(CC)(CC)NS(=O)(=O)Cl. The Bertz CT molecular complexity index is 213. The molecule has 0 fully saturated rings. The minimum absolute atomic E-state index is 0.361. The van der Waals surface area contributed by atoms with Gasteiger partial charge in [0.1, 0.15) is 0 Å². The smallest absolute Gasteiger partial charge is 0.196 e. The van der Waals surface area contributed by atoms with Crippen LogP contribution in [0.2, 0.25) is 0 Å². The second kappa shape index (κ2) is 4.44. The summed E-state index contributed by atoms with van der Waals surface area (Å²) < 4.78 is 24.0. The standard InChI is InChI=1S/C7H16ClNO2S/c1-4-7(5-2,6-3)9-12(8,10)11/h9H,4-6H2,1-3H3. The Morgan fingerprint density at radius 2 is 1.50 bits per heavy atom. The van der Waals surface area contributed by atoms with Crippen LogP contribution in [0.25, 0.3) is 0 Å². The van der Waals surface area contributed by atoms with Gasteiger partial charge in [-0.3, -0.25) is 0 Å². The van der Waals surface area contributed by atoms with Gasteiger partial charge in [-0.15, -0.1) is 0 Å². The maximum Gasteiger partial charge on any atom is 0.297 e. The first kappa shape index (κ1) is 12.2. The molecule has 0 bridgehead atoms. The third kappa shape index (κ3) is 3.74. The third-order valence-corrected chi connectivity index (χ3v) is 3.28. The lowest BCUT2D eigenvalue weighted by Crippen LogP contribution is -2.45. The molecule has 0 unspecified atom stereocenters. The largest absolute Gasteiger partial charge is 0.297 e. The lowest BCUT2D eigenvalue weighted by molar-refractivity contribution is 0.344. The minimum Gasteiger partial charge on any atom is -0.196 e. The molecule has 0 aromatic heterocycles. The highest BCUT2D eigenvalue weighted by molar-refractivity contribution is 8.12. The van der Waals surface area contributed by atoms with Crippen molar-refractivity contribution in [3.8, 4) is 0 Å². The maximum atomic E-state index is 10.8. The first-order chi connectivity index (χ1) is 5.39. The van der Waals surface area contributed by atoms with Crippen LogP contribution >= 0.6 is 10.7 Å². The molecule has 0 saturated carbocycles. The quantitative estimate of drug-likeness (QED) is 0.711. The zero-order valence-corrected chi connectivity index (χ0v) is 9.30. The summed E-state index contributed by atoms with van der Waals surface area (Å²) in [5.74, 6) is 0. The van der Waals surface area contributed by atoms with Gasteiger partial charge in [-0.1, -0.05) is 20.8 Å². The topological polar surface area (TPSA) is 46.2 Å². The van der Waals surface area contributed by atoms with Gasteiger partial charge in [-0.05, 0) is 19.3 Å². The van der Waals surface area contributed by atoms with Crippen LogP contribution < -0.4 is 4.72 Å². The van der Waals surface area contributed by atoms with Crippen LogP contribution in [-0.4, -0.2) is 14.0 Å². The van der Waals surface area contributed by atoms with Crippen LogP contribution in [0.5, 0.6) is 0 Å². The molecule has 5 heteroatoms.